The predicted octanol–water partition coefficient (Wildman–Crippen LogP) is 1.94. The summed E-state index contributed by atoms with van der Waals surface area (Å²) < 4.78 is 0. The number of aliphatic hydroxyl groups is 1. The van der Waals surface area contributed by atoms with Gasteiger partial charge in [-0.3, -0.25) is 0 Å². The van der Waals surface area contributed by atoms with Gasteiger partial charge in [-0.1, -0.05) is 13.8 Å². The predicted molar refractivity (Wildman–Crippen MR) is 67.8 cm³/mol. The largest absolute Gasteiger partial charge is 0.396 e. The third kappa shape index (κ3) is 4.06. The molecule has 0 spiro atoms. The minimum Gasteiger partial charge on any atom is -0.396 e. The summed E-state index contributed by atoms with van der Waals surface area (Å²) in [5.41, 5.74) is 0.911. The van der Waals surface area contributed by atoms with E-state index in [1.807, 2.05) is 32.9 Å². The van der Waals surface area contributed by atoms with Crippen molar-refractivity contribution in [2.24, 2.45) is 5.41 Å². The Morgan fingerprint density at radius 1 is 1.38 bits per heavy atom. The third-order valence-corrected chi connectivity index (χ3v) is 2.32. The second kappa shape index (κ2) is 5.70. The molecule has 3 N–H and O–H groups in total. The van der Waals surface area contributed by atoms with Crippen LogP contribution in [-0.2, 0) is 0 Å². The molecule has 1 aromatic rings. The van der Waals surface area contributed by atoms with E-state index >= 15 is 0 Å². The molecule has 0 amide bonds. The molecule has 0 atom stereocenters. The van der Waals surface area contributed by atoms with Crippen molar-refractivity contribution in [1.29, 1.82) is 0 Å². The molecule has 0 aliphatic carbocycles. The van der Waals surface area contributed by atoms with Gasteiger partial charge in [0.15, 0.2) is 0 Å². The van der Waals surface area contributed by atoms with Crippen molar-refractivity contribution in [2.75, 3.05) is 30.3 Å². The Morgan fingerprint density at radius 3 is 2.75 bits per heavy atom. The first-order chi connectivity index (χ1) is 7.57. The van der Waals surface area contributed by atoms with E-state index in [0.717, 1.165) is 24.6 Å². The van der Waals surface area contributed by atoms with Crippen LogP contribution in [0.2, 0.25) is 0 Å². The summed E-state index contributed by atoms with van der Waals surface area (Å²) in [5.74, 6) is 0.870. The van der Waals surface area contributed by atoms with Gasteiger partial charge in [0.25, 0.3) is 0 Å². The molecule has 0 saturated heterocycles. The summed E-state index contributed by atoms with van der Waals surface area (Å²) >= 11 is 0. The Morgan fingerprint density at radius 2 is 2.12 bits per heavy atom. The van der Waals surface area contributed by atoms with E-state index in [4.69, 9.17) is 5.11 Å². The van der Waals surface area contributed by atoms with Gasteiger partial charge in [0.2, 0.25) is 0 Å². The summed E-state index contributed by atoms with van der Waals surface area (Å²) in [5, 5.41) is 15.6. The van der Waals surface area contributed by atoms with Gasteiger partial charge in [0.1, 0.15) is 5.82 Å². The maximum absolute atomic E-state index is 9.15. The van der Waals surface area contributed by atoms with Gasteiger partial charge in [-0.2, -0.15) is 0 Å². The maximum Gasteiger partial charge on any atom is 0.127 e. The van der Waals surface area contributed by atoms with Crippen molar-refractivity contribution in [1.82, 2.24) is 4.98 Å². The highest BCUT2D eigenvalue weighted by Crippen LogP contribution is 2.17. The molecule has 0 aromatic carbocycles. The maximum atomic E-state index is 9.15. The fraction of sp³-hybridized carbons (Fsp3) is 0.583. The smallest absolute Gasteiger partial charge is 0.127 e. The molecule has 0 unspecified atom stereocenters. The second-order valence-electron chi connectivity index (χ2n) is 4.64. The first-order valence-electron chi connectivity index (χ1n) is 5.62. The summed E-state index contributed by atoms with van der Waals surface area (Å²) in [4.78, 5) is 4.19. The van der Waals surface area contributed by atoms with Crippen LogP contribution < -0.4 is 10.6 Å². The van der Waals surface area contributed by atoms with Crippen LogP contribution in [0.25, 0.3) is 0 Å². The number of aliphatic hydroxyl groups excluding tert-OH is 1. The second-order valence-corrected chi connectivity index (χ2v) is 4.64. The minimum atomic E-state index is -0.110. The normalized spacial score (nSPS) is 11.2. The molecule has 4 nitrogen and oxygen atoms in total. The van der Waals surface area contributed by atoms with E-state index < -0.39 is 0 Å². The molecule has 0 aliphatic heterocycles. The summed E-state index contributed by atoms with van der Waals surface area (Å²) in [6, 6.07) is 3.89. The Balaban J connectivity index is 2.57. The van der Waals surface area contributed by atoms with Crippen molar-refractivity contribution >= 4 is 11.5 Å². The number of nitrogens with one attached hydrogen (secondary N) is 2. The first-order valence-corrected chi connectivity index (χ1v) is 5.62. The van der Waals surface area contributed by atoms with E-state index in [1.165, 1.54) is 0 Å². The Bertz CT molecular complexity index is 326. The molecule has 90 valence electrons. The minimum absolute atomic E-state index is 0.110. The van der Waals surface area contributed by atoms with Gasteiger partial charge in [0, 0.05) is 43.1 Å². The number of anilines is 2. The zero-order chi connectivity index (χ0) is 12.0. The highest BCUT2D eigenvalue weighted by Gasteiger charge is 2.15. The lowest BCUT2D eigenvalue weighted by atomic mass is 9.95. The van der Waals surface area contributed by atoms with Gasteiger partial charge >= 0.3 is 0 Å². The van der Waals surface area contributed by atoms with Gasteiger partial charge in [-0.25, -0.2) is 4.98 Å². The topological polar surface area (TPSA) is 57.2 Å². The van der Waals surface area contributed by atoms with E-state index in [0.29, 0.717) is 0 Å². The Kier molecular flexibility index (Phi) is 4.55. The third-order valence-electron chi connectivity index (χ3n) is 2.32. The molecule has 0 bridgehead atoms. The number of hydrogen-bond acceptors (Lipinski definition) is 4. The van der Waals surface area contributed by atoms with Crippen LogP contribution in [-0.4, -0.2) is 29.8 Å². The summed E-state index contributed by atoms with van der Waals surface area (Å²) in [7, 11) is 0. The summed E-state index contributed by atoms with van der Waals surface area (Å²) in [6.07, 6.45) is 1.77. The van der Waals surface area contributed by atoms with Gasteiger partial charge in [-0.05, 0) is 13.0 Å². The number of pyridine rings is 1. The summed E-state index contributed by atoms with van der Waals surface area (Å²) in [6.45, 7) is 7.85. The van der Waals surface area contributed by atoms with Gasteiger partial charge < -0.3 is 15.7 Å². The van der Waals surface area contributed by atoms with Crippen LogP contribution in [0.1, 0.15) is 20.8 Å². The van der Waals surface area contributed by atoms with Gasteiger partial charge in [0.05, 0.1) is 0 Å². The molecule has 1 aromatic heterocycles. The monoisotopic (exact) mass is 223 g/mol. The Labute approximate surface area is 97.1 Å². The molecule has 0 saturated carbocycles. The van der Waals surface area contributed by atoms with Crippen LogP contribution in [0, 0.1) is 5.41 Å². The number of rotatable bonds is 6. The quantitative estimate of drug-likeness (QED) is 0.690. The highest BCUT2D eigenvalue weighted by atomic mass is 16.3. The van der Waals surface area contributed by atoms with E-state index in [-0.39, 0.29) is 12.0 Å². The van der Waals surface area contributed by atoms with Gasteiger partial charge in [-0.15, -0.1) is 0 Å². The number of nitrogens with zero attached hydrogens (tertiary/aromatic N) is 1. The number of hydrogen-bond donors (Lipinski definition) is 3. The molecule has 1 heterocycles. The number of aromatic nitrogens is 1. The first kappa shape index (κ1) is 12.8. The average Bonchev–Trinajstić information content (AvgIpc) is 2.28. The lowest BCUT2D eigenvalue weighted by Crippen LogP contribution is -2.26. The standard InChI is InChI=1S/C12H21N3O/c1-4-13-11-7-10(5-6-14-11)15-8-12(2,3)9-16/h5-7,16H,4,8-9H2,1-3H3,(H2,13,14,15). The molecule has 1 rings (SSSR count). The van der Waals surface area contributed by atoms with Crippen molar-refractivity contribution in [3.8, 4) is 0 Å². The lowest BCUT2D eigenvalue weighted by Gasteiger charge is -2.22. The molecular formula is C12H21N3O. The van der Waals surface area contributed by atoms with Crippen molar-refractivity contribution in [2.45, 2.75) is 20.8 Å². The molecule has 16 heavy (non-hydrogen) atoms. The molecule has 0 fully saturated rings. The van der Waals surface area contributed by atoms with E-state index in [9.17, 15) is 0 Å². The highest BCUT2D eigenvalue weighted by molar-refractivity contribution is 5.51. The molecule has 0 radical (unpaired) electrons. The molecule has 4 heteroatoms. The van der Waals surface area contributed by atoms with Crippen LogP contribution >= 0.6 is 0 Å². The van der Waals surface area contributed by atoms with Crippen LogP contribution in [0.3, 0.4) is 0 Å². The fourth-order valence-electron chi connectivity index (χ4n) is 1.22. The van der Waals surface area contributed by atoms with E-state index in [1.54, 1.807) is 6.20 Å². The zero-order valence-corrected chi connectivity index (χ0v) is 10.2. The van der Waals surface area contributed by atoms with Crippen LogP contribution in [0.5, 0.6) is 0 Å². The van der Waals surface area contributed by atoms with Crippen molar-refractivity contribution < 1.29 is 5.11 Å². The van der Waals surface area contributed by atoms with Crippen molar-refractivity contribution in [3.63, 3.8) is 0 Å². The lowest BCUT2D eigenvalue weighted by molar-refractivity contribution is 0.171. The van der Waals surface area contributed by atoms with Crippen LogP contribution in [0.4, 0.5) is 11.5 Å². The van der Waals surface area contributed by atoms with E-state index in [2.05, 4.69) is 15.6 Å². The molecular weight excluding hydrogens is 202 g/mol. The average molecular weight is 223 g/mol. The SMILES string of the molecule is CCNc1cc(NCC(C)(C)CO)ccn1. The molecule has 0 aliphatic rings. The van der Waals surface area contributed by atoms with Crippen LogP contribution in [0.15, 0.2) is 18.3 Å². The Hall–Kier alpha value is -1.29. The zero-order valence-electron chi connectivity index (χ0n) is 10.2. The van der Waals surface area contributed by atoms with Crippen molar-refractivity contribution in [3.05, 3.63) is 18.3 Å². The fourth-order valence-corrected chi connectivity index (χ4v) is 1.22.